The van der Waals surface area contributed by atoms with Crippen LogP contribution in [0.15, 0.2) is 36.7 Å². The van der Waals surface area contributed by atoms with Crippen LogP contribution in [0.25, 0.3) is 0 Å². The van der Waals surface area contributed by atoms with E-state index in [0.717, 1.165) is 12.1 Å². The molecule has 0 bridgehead atoms. The number of carbonyl (C=O) groups is 1. The van der Waals surface area contributed by atoms with E-state index in [0.29, 0.717) is 30.8 Å². The first-order chi connectivity index (χ1) is 11.1. The maximum atomic E-state index is 13.9. The van der Waals surface area contributed by atoms with Gasteiger partial charge in [-0.25, -0.2) is 18.7 Å². The standard InChI is InChI=1S/C16H15F2N3OS/c17-11-2-3-13(18)12(10-11)14-4-7-21(8-9-23-14)16(22)15-19-5-1-6-20-15/h1-3,5-6,10,14H,4,7-9H2. The third-order valence-corrected chi connectivity index (χ3v) is 5.00. The molecule has 4 nitrogen and oxygen atoms in total. The highest BCUT2D eigenvalue weighted by molar-refractivity contribution is 7.99. The summed E-state index contributed by atoms with van der Waals surface area (Å²) in [5, 5.41) is -0.166. The topological polar surface area (TPSA) is 46.1 Å². The molecule has 1 atom stereocenters. The zero-order valence-electron chi connectivity index (χ0n) is 12.3. The van der Waals surface area contributed by atoms with E-state index < -0.39 is 11.6 Å². The molecule has 7 heteroatoms. The summed E-state index contributed by atoms with van der Waals surface area (Å²) in [6.45, 7) is 1.000. The number of amides is 1. The van der Waals surface area contributed by atoms with Crippen molar-refractivity contribution in [2.75, 3.05) is 18.8 Å². The minimum atomic E-state index is -0.447. The summed E-state index contributed by atoms with van der Waals surface area (Å²) in [5.74, 6) is -0.273. The van der Waals surface area contributed by atoms with Crippen LogP contribution in [0.5, 0.6) is 0 Å². The quantitative estimate of drug-likeness (QED) is 0.846. The molecule has 1 amide bonds. The first-order valence-electron chi connectivity index (χ1n) is 7.28. The Morgan fingerprint density at radius 3 is 2.78 bits per heavy atom. The van der Waals surface area contributed by atoms with E-state index >= 15 is 0 Å². The van der Waals surface area contributed by atoms with Crippen LogP contribution in [0, 0.1) is 11.6 Å². The minimum Gasteiger partial charge on any atom is -0.335 e. The van der Waals surface area contributed by atoms with Gasteiger partial charge in [0.1, 0.15) is 11.6 Å². The van der Waals surface area contributed by atoms with Crippen molar-refractivity contribution in [3.8, 4) is 0 Å². The molecule has 0 radical (unpaired) electrons. The molecule has 0 aliphatic carbocycles. The molecular formula is C16H15F2N3OS. The van der Waals surface area contributed by atoms with Crippen LogP contribution in [-0.4, -0.2) is 39.6 Å². The third kappa shape index (κ3) is 3.67. The molecule has 0 spiro atoms. The maximum Gasteiger partial charge on any atom is 0.291 e. The Kier molecular flexibility index (Phi) is 4.85. The van der Waals surface area contributed by atoms with Crippen molar-refractivity contribution in [2.45, 2.75) is 11.7 Å². The van der Waals surface area contributed by atoms with Gasteiger partial charge in [-0.15, -0.1) is 0 Å². The molecule has 120 valence electrons. The molecule has 2 aromatic rings. The number of benzene rings is 1. The number of aromatic nitrogens is 2. The fourth-order valence-electron chi connectivity index (χ4n) is 2.53. The molecule has 1 fully saturated rings. The summed E-state index contributed by atoms with van der Waals surface area (Å²) in [4.78, 5) is 22.0. The Morgan fingerprint density at radius 1 is 1.22 bits per heavy atom. The molecule has 1 aromatic carbocycles. The lowest BCUT2D eigenvalue weighted by molar-refractivity contribution is 0.0754. The van der Waals surface area contributed by atoms with Crippen LogP contribution in [0.1, 0.15) is 27.9 Å². The fraction of sp³-hybridized carbons (Fsp3) is 0.312. The van der Waals surface area contributed by atoms with Gasteiger partial charge >= 0.3 is 0 Å². The molecule has 1 saturated heterocycles. The van der Waals surface area contributed by atoms with E-state index in [-0.39, 0.29) is 17.0 Å². The smallest absolute Gasteiger partial charge is 0.291 e. The lowest BCUT2D eigenvalue weighted by Crippen LogP contribution is -2.34. The summed E-state index contributed by atoms with van der Waals surface area (Å²) in [6.07, 6.45) is 3.61. The van der Waals surface area contributed by atoms with Crippen molar-refractivity contribution in [2.24, 2.45) is 0 Å². The Labute approximate surface area is 136 Å². The van der Waals surface area contributed by atoms with Gasteiger partial charge in [-0.3, -0.25) is 4.79 Å². The van der Waals surface area contributed by atoms with E-state index in [2.05, 4.69) is 9.97 Å². The molecule has 0 saturated carbocycles. The molecule has 0 N–H and O–H groups in total. The second-order valence-electron chi connectivity index (χ2n) is 5.18. The van der Waals surface area contributed by atoms with Crippen molar-refractivity contribution in [3.05, 3.63) is 59.7 Å². The Morgan fingerprint density at radius 2 is 2.00 bits per heavy atom. The predicted octanol–water partition coefficient (Wildman–Crippen LogP) is 3.08. The van der Waals surface area contributed by atoms with Gasteiger partial charge in [0, 0.05) is 42.0 Å². The largest absolute Gasteiger partial charge is 0.335 e. The molecule has 1 unspecified atom stereocenters. The average molecular weight is 335 g/mol. The fourth-order valence-corrected chi connectivity index (χ4v) is 3.78. The molecule has 3 rings (SSSR count). The van der Waals surface area contributed by atoms with Gasteiger partial charge in [-0.05, 0) is 30.7 Å². The number of carbonyl (C=O) groups excluding carboxylic acids is 1. The second kappa shape index (κ2) is 7.04. The Hall–Kier alpha value is -2.02. The zero-order valence-corrected chi connectivity index (χ0v) is 13.1. The maximum absolute atomic E-state index is 13.9. The van der Waals surface area contributed by atoms with Crippen LogP contribution in [0.2, 0.25) is 0 Å². The Balaban J connectivity index is 1.72. The normalized spacial score (nSPS) is 18.5. The SMILES string of the molecule is O=C(c1ncccn1)N1CCSC(c2cc(F)ccc2F)CC1. The third-order valence-electron chi connectivity index (χ3n) is 3.69. The van der Waals surface area contributed by atoms with Crippen molar-refractivity contribution < 1.29 is 13.6 Å². The lowest BCUT2D eigenvalue weighted by atomic mass is 10.1. The van der Waals surface area contributed by atoms with Gasteiger partial charge in [-0.2, -0.15) is 11.8 Å². The van der Waals surface area contributed by atoms with Gasteiger partial charge in [-0.1, -0.05) is 0 Å². The van der Waals surface area contributed by atoms with Crippen LogP contribution in [0.3, 0.4) is 0 Å². The van der Waals surface area contributed by atoms with Gasteiger partial charge in [0.25, 0.3) is 5.91 Å². The highest BCUT2D eigenvalue weighted by Gasteiger charge is 2.25. The highest BCUT2D eigenvalue weighted by Crippen LogP contribution is 2.36. The molecule has 23 heavy (non-hydrogen) atoms. The van der Waals surface area contributed by atoms with Crippen molar-refractivity contribution in [3.63, 3.8) is 0 Å². The monoisotopic (exact) mass is 335 g/mol. The number of hydrogen-bond donors (Lipinski definition) is 0. The van der Waals surface area contributed by atoms with Gasteiger partial charge < -0.3 is 4.90 Å². The van der Waals surface area contributed by atoms with E-state index in [1.807, 2.05) is 0 Å². The van der Waals surface area contributed by atoms with Crippen LogP contribution in [-0.2, 0) is 0 Å². The van der Waals surface area contributed by atoms with Gasteiger partial charge in [0.05, 0.1) is 0 Å². The van der Waals surface area contributed by atoms with Crippen LogP contribution in [0.4, 0.5) is 8.78 Å². The number of halogens is 2. The number of hydrogen-bond acceptors (Lipinski definition) is 4. The number of nitrogens with zero attached hydrogens (tertiary/aromatic N) is 3. The highest BCUT2D eigenvalue weighted by atomic mass is 32.2. The first kappa shape index (κ1) is 15.9. The lowest BCUT2D eigenvalue weighted by Gasteiger charge is -2.19. The summed E-state index contributed by atoms with van der Waals surface area (Å²) in [5.41, 5.74) is 0.361. The number of rotatable bonds is 2. The molecule has 1 aliphatic rings. The van der Waals surface area contributed by atoms with Gasteiger partial charge in [0.15, 0.2) is 0 Å². The average Bonchev–Trinajstić information content (AvgIpc) is 2.83. The first-order valence-corrected chi connectivity index (χ1v) is 8.33. The Bertz CT molecular complexity index is 699. The number of thioether (sulfide) groups is 1. The molecule has 2 heterocycles. The van der Waals surface area contributed by atoms with E-state index in [1.165, 1.54) is 30.2 Å². The van der Waals surface area contributed by atoms with E-state index in [4.69, 9.17) is 0 Å². The summed E-state index contributed by atoms with van der Waals surface area (Å²) < 4.78 is 27.3. The van der Waals surface area contributed by atoms with E-state index in [9.17, 15) is 13.6 Å². The van der Waals surface area contributed by atoms with E-state index in [1.54, 1.807) is 11.0 Å². The van der Waals surface area contributed by atoms with Crippen LogP contribution >= 0.6 is 11.8 Å². The summed E-state index contributed by atoms with van der Waals surface area (Å²) in [6, 6.07) is 5.15. The summed E-state index contributed by atoms with van der Waals surface area (Å²) >= 11 is 1.53. The van der Waals surface area contributed by atoms with Crippen molar-refractivity contribution >= 4 is 17.7 Å². The van der Waals surface area contributed by atoms with Crippen molar-refractivity contribution in [1.29, 1.82) is 0 Å². The van der Waals surface area contributed by atoms with Crippen molar-refractivity contribution in [1.82, 2.24) is 14.9 Å². The second-order valence-corrected chi connectivity index (χ2v) is 6.49. The zero-order chi connectivity index (χ0) is 16.2. The predicted molar refractivity (Wildman–Crippen MR) is 84.1 cm³/mol. The van der Waals surface area contributed by atoms with Gasteiger partial charge in [0.2, 0.25) is 5.82 Å². The molecule has 1 aliphatic heterocycles. The summed E-state index contributed by atoms with van der Waals surface area (Å²) in [7, 11) is 0. The molecular weight excluding hydrogens is 320 g/mol. The minimum absolute atomic E-state index is 0.160. The molecule has 1 aromatic heterocycles. The van der Waals surface area contributed by atoms with Crippen LogP contribution < -0.4 is 0 Å².